The first kappa shape index (κ1) is 14.3. The molecular weight excluding hydrogens is 276 g/mol. The number of carbonyl (C=O) groups excluding carboxylic acids is 1. The van der Waals surface area contributed by atoms with Crippen LogP contribution in [0.4, 0.5) is 11.4 Å². The van der Waals surface area contributed by atoms with E-state index in [0.717, 1.165) is 0 Å². The number of rotatable bonds is 5. The Balaban J connectivity index is 1.99. The smallest absolute Gasteiger partial charge is 0.310 e. The van der Waals surface area contributed by atoms with Crippen LogP contribution in [0.25, 0.3) is 0 Å². The third-order valence-electron chi connectivity index (χ3n) is 2.60. The summed E-state index contributed by atoms with van der Waals surface area (Å²) in [6.45, 7) is -0.404. The number of nitro groups is 1. The van der Waals surface area contributed by atoms with Crippen LogP contribution in [0.1, 0.15) is 0 Å². The molecule has 2 rings (SSSR count). The maximum absolute atomic E-state index is 11.7. The lowest BCUT2D eigenvalue weighted by Crippen LogP contribution is -2.20. The van der Waals surface area contributed by atoms with Crippen molar-refractivity contribution in [3.63, 3.8) is 0 Å². The highest BCUT2D eigenvalue weighted by molar-refractivity contribution is 5.93. The van der Waals surface area contributed by atoms with Gasteiger partial charge in [0.2, 0.25) is 0 Å². The number of nitrogens with one attached hydrogen (secondary N) is 1. The number of nitrogens with zero attached hydrogens (tertiary/aromatic N) is 1. The van der Waals surface area contributed by atoms with E-state index in [0.29, 0.717) is 0 Å². The topological polar surface area (TPSA) is 102 Å². The van der Waals surface area contributed by atoms with E-state index < -0.39 is 17.4 Å². The number of hydrogen-bond acceptors (Lipinski definition) is 5. The van der Waals surface area contributed by atoms with E-state index >= 15 is 0 Å². The highest BCUT2D eigenvalue weighted by Gasteiger charge is 2.15. The number of ether oxygens (including phenoxy) is 1. The van der Waals surface area contributed by atoms with Gasteiger partial charge < -0.3 is 15.2 Å². The molecule has 2 aromatic carbocycles. The summed E-state index contributed by atoms with van der Waals surface area (Å²) in [5, 5.41) is 22.8. The van der Waals surface area contributed by atoms with Gasteiger partial charge in [-0.25, -0.2) is 0 Å². The zero-order chi connectivity index (χ0) is 15.2. The van der Waals surface area contributed by atoms with Crippen LogP contribution in [0.5, 0.6) is 11.5 Å². The van der Waals surface area contributed by atoms with Gasteiger partial charge >= 0.3 is 5.69 Å². The number of carbonyl (C=O) groups is 1. The molecule has 0 fully saturated rings. The molecule has 0 aliphatic heterocycles. The second-order valence-electron chi connectivity index (χ2n) is 4.08. The van der Waals surface area contributed by atoms with Gasteiger partial charge in [-0.05, 0) is 18.2 Å². The van der Waals surface area contributed by atoms with E-state index in [9.17, 15) is 20.0 Å². The predicted molar refractivity (Wildman–Crippen MR) is 75.3 cm³/mol. The van der Waals surface area contributed by atoms with E-state index in [1.165, 1.54) is 30.3 Å². The quantitative estimate of drug-likeness (QED) is 0.499. The fourth-order valence-corrected chi connectivity index (χ4v) is 1.64. The molecule has 0 saturated carbocycles. The van der Waals surface area contributed by atoms with E-state index in [1.807, 2.05) is 0 Å². The summed E-state index contributed by atoms with van der Waals surface area (Å²) in [6.07, 6.45) is 0. The summed E-state index contributed by atoms with van der Waals surface area (Å²) in [5.41, 5.74) is 0.0292. The molecular formula is C14H12N2O5. The molecule has 0 atom stereocenters. The number of nitro benzene ring substituents is 1. The predicted octanol–water partition coefficient (Wildman–Crippen LogP) is 2.32. The molecule has 0 spiro atoms. The number of phenolic OH excluding ortho intramolecular Hbond substituents is 1. The zero-order valence-electron chi connectivity index (χ0n) is 10.9. The molecule has 7 heteroatoms. The van der Waals surface area contributed by atoms with Gasteiger partial charge in [-0.1, -0.05) is 24.3 Å². The van der Waals surface area contributed by atoms with Crippen LogP contribution in [0.3, 0.4) is 0 Å². The average molecular weight is 288 g/mol. The number of anilines is 1. The van der Waals surface area contributed by atoms with Gasteiger partial charge in [0, 0.05) is 6.07 Å². The van der Waals surface area contributed by atoms with Crippen molar-refractivity contribution < 1.29 is 19.6 Å². The minimum atomic E-state index is -0.587. The van der Waals surface area contributed by atoms with E-state index in [2.05, 4.69) is 5.32 Å². The summed E-state index contributed by atoms with van der Waals surface area (Å²) in [6, 6.07) is 12.0. The van der Waals surface area contributed by atoms with Gasteiger partial charge in [-0.15, -0.1) is 0 Å². The minimum Gasteiger partial charge on any atom is -0.506 e. The lowest BCUT2D eigenvalue weighted by molar-refractivity contribution is -0.385. The normalized spacial score (nSPS) is 9.90. The SMILES string of the molecule is O=C(COc1ccccc1[N+](=O)[O-])Nc1ccccc1O. The molecule has 0 saturated heterocycles. The molecule has 1 amide bonds. The van der Waals surface area contributed by atoms with Crippen molar-refractivity contribution in [2.75, 3.05) is 11.9 Å². The van der Waals surface area contributed by atoms with Gasteiger partial charge in [0.05, 0.1) is 10.6 Å². The van der Waals surface area contributed by atoms with Crippen LogP contribution < -0.4 is 10.1 Å². The fourth-order valence-electron chi connectivity index (χ4n) is 1.64. The van der Waals surface area contributed by atoms with E-state index in [4.69, 9.17) is 4.74 Å². The van der Waals surface area contributed by atoms with Gasteiger partial charge in [0.25, 0.3) is 5.91 Å². The van der Waals surface area contributed by atoms with Crippen LogP contribution in [-0.4, -0.2) is 22.5 Å². The molecule has 7 nitrogen and oxygen atoms in total. The maximum atomic E-state index is 11.7. The Bertz CT molecular complexity index is 672. The number of phenols is 1. The highest BCUT2D eigenvalue weighted by Crippen LogP contribution is 2.26. The Morgan fingerprint density at radius 1 is 1.19 bits per heavy atom. The standard InChI is InChI=1S/C14H12N2O5/c17-12-7-3-1-5-10(12)15-14(18)9-21-13-8-4-2-6-11(13)16(19)20/h1-8,17H,9H2,(H,15,18). The Morgan fingerprint density at radius 2 is 1.86 bits per heavy atom. The first-order chi connectivity index (χ1) is 10.1. The first-order valence-corrected chi connectivity index (χ1v) is 6.02. The average Bonchev–Trinajstić information content (AvgIpc) is 2.48. The van der Waals surface area contributed by atoms with Gasteiger partial charge in [-0.3, -0.25) is 14.9 Å². The summed E-state index contributed by atoms with van der Waals surface area (Å²) >= 11 is 0. The van der Waals surface area contributed by atoms with Gasteiger partial charge in [-0.2, -0.15) is 0 Å². The second kappa shape index (κ2) is 6.38. The zero-order valence-corrected chi connectivity index (χ0v) is 10.9. The maximum Gasteiger partial charge on any atom is 0.310 e. The molecule has 2 N–H and O–H groups in total. The number of amides is 1. The monoisotopic (exact) mass is 288 g/mol. The first-order valence-electron chi connectivity index (χ1n) is 6.02. The molecule has 0 aliphatic rings. The highest BCUT2D eigenvalue weighted by atomic mass is 16.6. The number of aromatic hydroxyl groups is 1. The second-order valence-corrected chi connectivity index (χ2v) is 4.08. The Morgan fingerprint density at radius 3 is 2.57 bits per heavy atom. The molecule has 0 unspecified atom stereocenters. The van der Waals surface area contributed by atoms with Gasteiger partial charge in [0.1, 0.15) is 5.75 Å². The molecule has 2 aromatic rings. The summed E-state index contributed by atoms with van der Waals surface area (Å²) < 4.78 is 5.14. The lowest BCUT2D eigenvalue weighted by atomic mass is 10.3. The molecule has 0 radical (unpaired) electrons. The van der Waals surface area contributed by atoms with Crippen molar-refractivity contribution in [3.05, 3.63) is 58.6 Å². The summed E-state index contributed by atoms with van der Waals surface area (Å²) in [7, 11) is 0. The third kappa shape index (κ3) is 3.69. The molecule has 0 heterocycles. The summed E-state index contributed by atoms with van der Waals surface area (Å²) in [5.74, 6) is -0.596. The van der Waals surface area contributed by atoms with Crippen LogP contribution in [-0.2, 0) is 4.79 Å². The molecule has 21 heavy (non-hydrogen) atoms. The van der Waals surface area contributed by atoms with Crippen LogP contribution in [0.2, 0.25) is 0 Å². The van der Waals surface area contributed by atoms with Crippen molar-refractivity contribution in [1.82, 2.24) is 0 Å². The molecule has 0 aromatic heterocycles. The Hall–Kier alpha value is -3.09. The summed E-state index contributed by atoms with van der Waals surface area (Å²) in [4.78, 5) is 21.9. The van der Waals surface area contributed by atoms with E-state index in [1.54, 1.807) is 18.2 Å². The number of benzene rings is 2. The van der Waals surface area contributed by atoms with E-state index in [-0.39, 0.29) is 22.9 Å². The van der Waals surface area contributed by atoms with Crippen molar-refractivity contribution in [2.45, 2.75) is 0 Å². The van der Waals surface area contributed by atoms with Crippen molar-refractivity contribution in [1.29, 1.82) is 0 Å². The van der Waals surface area contributed by atoms with Crippen molar-refractivity contribution >= 4 is 17.3 Å². The molecule has 0 aliphatic carbocycles. The van der Waals surface area contributed by atoms with Crippen molar-refractivity contribution in [2.24, 2.45) is 0 Å². The number of hydrogen-bond donors (Lipinski definition) is 2. The Labute approximate surface area is 119 Å². The Kier molecular flexibility index (Phi) is 4.35. The van der Waals surface area contributed by atoms with Crippen LogP contribution in [0, 0.1) is 10.1 Å². The fraction of sp³-hybridized carbons (Fsp3) is 0.0714. The van der Waals surface area contributed by atoms with Crippen LogP contribution in [0.15, 0.2) is 48.5 Å². The van der Waals surface area contributed by atoms with Crippen molar-refractivity contribution in [3.8, 4) is 11.5 Å². The molecule has 108 valence electrons. The van der Waals surface area contributed by atoms with Gasteiger partial charge in [0.15, 0.2) is 12.4 Å². The molecule has 0 bridgehead atoms. The third-order valence-corrected chi connectivity index (χ3v) is 2.60. The number of para-hydroxylation sites is 4. The van der Waals surface area contributed by atoms with Crippen LogP contribution >= 0.6 is 0 Å². The lowest BCUT2D eigenvalue weighted by Gasteiger charge is -2.08. The largest absolute Gasteiger partial charge is 0.506 e. The minimum absolute atomic E-state index is 0.00920.